The fourth-order valence-electron chi connectivity index (χ4n) is 2.60. The Balaban J connectivity index is 1.75. The van der Waals surface area contributed by atoms with Gasteiger partial charge in [0, 0.05) is 13.2 Å². The summed E-state index contributed by atoms with van der Waals surface area (Å²) < 4.78 is 5.08. The number of thiophene rings is 1. The Morgan fingerprint density at radius 1 is 1.37 bits per heavy atom. The maximum Gasteiger partial charge on any atom is 0.341 e. The number of hydrogen-bond donors (Lipinski definition) is 3. The number of anilines is 1. The predicted molar refractivity (Wildman–Crippen MR) is 117 cm³/mol. The standard InChI is InChI=1S/C18H18ClN5O4S2/c1-4-28-17(27)12-8(2)13(15(26)20-3)30-16(12)23-11(25)7-29-18-22-10-5-9(19)6-21-14(10)24-18/h5-6H,4,7H2,1-3H3,(H,20,26)(H,23,25)(H,21,22,24). The number of nitrogens with zero attached hydrogens (tertiary/aromatic N) is 2. The minimum atomic E-state index is -0.593. The molecular formula is C18H18ClN5O4S2. The third kappa shape index (κ3) is 4.74. The SMILES string of the molecule is CCOC(=O)c1c(NC(=O)CSc2nc3ncc(Cl)cc3[nH]2)sc(C(=O)NC)c1C. The number of halogens is 1. The summed E-state index contributed by atoms with van der Waals surface area (Å²) in [7, 11) is 1.50. The molecule has 158 valence electrons. The van der Waals surface area contributed by atoms with E-state index in [2.05, 4.69) is 25.6 Å². The fraction of sp³-hybridized carbons (Fsp3) is 0.278. The number of carbonyl (C=O) groups excluding carboxylic acids is 3. The number of esters is 1. The molecule has 3 aromatic rings. The second kappa shape index (κ2) is 9.45. The number of aromatic nitrogens is 3. The van der Waals surface area contributed by atoms with Crippen LogP contribution in [0.1, 0.15) is 32.5 Å². The molecule has 0 atom stereocenters. The summed E-state index contributed by atoms with van der Waals surface area (Å²) in [4.78, 5) is 48.7. The van der Waals surface area contributed by atoms with Gasteiger partial charge in [-0.25, -0.2) is 14.8 Å². The van der Waals surface area contributed by atoms with Crippen LogP contribution in [0.3, 0.4) is 0 Å². The van der Waals surface area contributed by atoms with Crippen LogP contribution in [-0.2, 0) is 9.53 Å². The average Bonchev–Trinajstić information content (AvgIpc) is 3.26. The molecule has 3 N–H and O–H groups in total. The number of imidazole rings is 1. The van der Waals surface area contributed by atoms with E-state index >= 15 is 0 Å². The predicted octanol–water partition coefficient (Wildman–Crippen LogP) is 3.25. The number of carbonyl (C=O) groups is 3. The number of pyridine rings is 1. The van der Waals surface area contributed by atoms with Crippen molar-refractivity contribution in [2.24, 2.45) is 0 Å². The molecule has 0 bridgehead atoms. The molecule has 3 aromatic heterocycles. The summed E-state index contributed by atoms with van der Waals surface area (Å²) in [5.41, 5.74) is 1.80. The van der Waals surface area contributed by atoms with Crippen molar-refractivity contribution >= 4 is 68.6 Å². The van der Waals surface area contributed by atoms with Gasteiger partial charge in [-0.05, 0) is 25.5 Å². The number of nitrogens with one attached hydrogen (secondary N) is 3. The van der Waals surface area contributed by atoms with E-state index < -0.39 is 5.97 Å². The molecule has 30 heavy (non-hydrogen) atoms. The molecule has 0 saturated heterocycles. The van der Waals surface area contributed by atoms with Gasteiger partial charge in [-0.15, -0.1) is 11.3 Å². The Morgan fingerprint density at radius 2 is 2.13 bits per heavy atom. The van der Waals surface area contributed by atoms with Gasteiger partial charge in [0.25, 0.3) is 5.91 Å². The van der Waals surface area contributed by atoms with E-state index in [0.29, 0.717) is 31.8 Å². The number of hydrogen-bond acceptors (Lipinski definition) is 8. The van der Waals surface area contributed by atoms with Crippen LogP contribution in [-0.4, -0.2) is 52.1 Å². The number of fused-ring (bicyclic) bond motifs is 1. The molecule has 0 aliphatic heterocycles. The monoisotopic (exact) mass is 467 g/mol. The van der Waals surface area contributed by atoms with Crippen LogP contribution in [0, 0.1) is 6.92 Å². The molecule has 0 radical (unpaired) electrons. The summed E-state index contributed by atoms with van der Waals surface area (Å²) in [6, 6.07) is 1.70. The number of rotatable bonds is 7. The Hall–Kier alpha value is -2.63. The molecule has 3 rings (SSSR count). The van der Waals surface area contributed by atoms with Gasteiger partial charge in [0.15, 0.2) is 10.8 Å². The van der Waals surface area contributed by atoms with E-state index in [1.165, 1.54) is 25.0 Å². The smallest absolute Gasteiger partial charge is 0.341 e. The lowest BCUT2D eigenvalue weighted by Crippen LogP contribution is -2.18. The zero-order valence-corrected chi connectivity index (χ0v) is 18.7. The maximum absolute atomic E-state index is 12.5. The van der Waals surface area contributed by atoms with Crippen LogP contribution in [0.25, 0.3) is 11.2 Å². The Bertz CT molecular complexity index is 1130. The average molecular weight is 468 g/mol. The van der Waals surface area contributed by atoms with Crippen LogP contribution >= 0.6 is 34.7 Å². The Kier molecular flexibility index (Phi) is 6.95. The van der Waals surface area contributed by atoms with Crippen molar-refractivity contribution in [3.63, 3.8) is 0 Å². The number of aromatic amines is 1. The highest BCUT2D eigenvalue weighted by Gasteiger charge is 2.26. The van der Waals surface area contributed by atoms with Crippen molar-refractivity contribution in [3.05, 3.63) is 33.3 Å². The molecule has 0 aliphatic rings. The molecule has 0 fully saturated rings. The summed E-state index contributed by atoms with van der Waals surface area (Å²) >= 11 is 8.11. The van der Waals surface area contributed by atoms with Gasteiger partial charge >= 0.3 is 5.97 Å². The first-order valence-corrected chi connectivity index (χ1v) is 11.0. The van der Waals surface area contributed by atoms with Crippen molar-refractivity contribution in [1.82, 2.24) is 20.3 Å². The third-order valence-corrected chi connectivity index (χ3v) is 6.22. The van der Waals surface area contributed by atoms with Gasteiger partial charge in [-0.3, -0.25) is 9.59 Å². The molecule has 0 spiro atoms. The minimum Gasteiger partial charge on any atom is -0.462 e. The molecule has 0 unspecified atom stereocenters. The minimum absolute atomic E-state index is 0.0298. The second-order valence-corrected chi connectivity index (χ2v) is 8.38. The van der Waals surface area contributed by atoms with Gasteiger partial charge in [-0.2, -0.15) is 0 Å². The largest absolute Gasteiger partial charge is 0.462 e. The number of thioether (sulfide) groups is 1. The first-order valence-electron chi connectivity index (χ1n) is 8.80. The first kappa shape index (κ1) is 22.1. The number of ether oxygens (including phenoxy) is 1. The summed E-state index contributed by atoms with van der Waals surface area (Å²) in [6.07, 6.45) is 1.49. The molecular weight excluding hydrogens is 450 g/mol. The highest BCUT2D eigenvalue weighted by Crippen LogP contribution is 2.34. The maximum atomic E-state index is 12.5. The lowest BCUT2D eigenvalue weighted by Gasteiger charge is -2.06. The van der Waals surface area contributed by atoms with Gasteiger partial charge < -0.3 is 20.4 Å². The summed E-state index contributed by atoms with van der Waals surface area (Å²) in [5.74, 6) is -1.26. The van der Waals surface area contributed by atoms with E-state index in [1.807, 2.05) is 0 Å². The zero-order chi connectivity index (χ0) is 21.8. The van der Waals surface area contributed by atoms with Crippen LogP contribution in [0.5, 0.6) is 0 Å². The van der Waals surface area contributed by atoms with Crippen molar-refractivity contribution in [3.8, 4) is 0 Å². The van der Waals surface area contributed by atoms with Crippen LogP contribution in [0.15, 0.2) is 17.4 Å². The van der Waals surface area contributed by atoms with Crippen LogP contribution in [0.4, 0.5) is 5.00 Å². The molecule has 0 saturated carbocycles. The number of H-pyrrole nitrogens is 1. The van der Waals surface area contributed by atoms with E-state index in [4.69, 9.17) is 16.3 Å². The lowest BCUT2D eigenvalue weighted by atomic mass is 10.1. The molecule has 0 aliphatic carbocycles. The normalized spacial score (nSPS) is 10.8. The molecule has 12 heteroatoms. The Labute approximate surface area is 185 Å². The van der Waals surface area contributed by atoms with E-state index in [9.17, 15) is 14.4 Å². The summed E-state index contributed by atoms with van der Waals surface area (Å²) in [6.45, 7) is 3.50. The van der Waals surface area contributed by atoms with Crippen molar-refractivity contribution in [2.45, 2.75) is 19.0 Å². The van der Waals surface area contributed by atoms with Gasteiger partial charge in [0.2, 0.25) is 5.91 Å². The van der Waals surface area contributed by atoms with Crippen molar-refractivity contribution in [2.75, 3.05) is 24.7 Å². The highest BCUT2D eigenvalue weighted by molar-refractivity contribution is 7.99. The van der Waals surface area contributed by atoms with Gasteiger partial charge in [-0.1, -0.05) is 23.4 Å². The van der Waals surface area contributed by atoms with Gasteiger partial charge in [0.05, 0.1) is 33.3 Å². The second-order valence-electron chi connectivity index (χ2n) is 5.96. The van der Waals surface area contributed by atoms with E-state index in [-0.39, 0.29) is 34.7 Å². The molecule has 2 amide bonds. The van der Waals surface area contributed by atoms with Gasteiger partial charge in [0.1, 0.15) is 5.00 Å². The van der Waals surface area contributed by atoms with Crippen molar-refractivity contribution < 1.29 is 19.1 Å². The highest BCUT2D eigenvalue weighted by atomic mass is 35.5. The third-order valence-electron chi connectivity index (χ3n) is 3.93. The fourth-order valence-corrected chi connectivity index (χ4v) is 4.59. The molecule has 9 nitrogen and oxygen atoms in total. The Morgan fingerprint density at radius 3 is 2.83 bits per heavy atom. The van der Waals surface area contributed by atoms with E-state index in [0.717, 1.165) is 11.3 Å². The van der Waals surface area contributed by atoms with Crippen LogP contribution < -0.4 is 10.6 Å². The molecule has 0 aromatic carbocycles. The summed E-state index contributed by atoms with van der Waals surface area (Å²) in [5, 5.41) is 6.49. The quantitative estimate of drug-likeness (QED) is 0.359. The molecule has 3 heterocycles. The first-order chi connectivity index (χ1) is 14.3. The lowest BCUT2D eigenvalue weighted by molar-refractivity contribution is -0.113. The topological polar surface area (TPSA) is 126 Å². The van der Waals surface area contributed by atoms with E-state index in [1.54, 1.807) is 19.9 Å². The zero-order valence-electron chi connectivity index (χ0n) is 16.3. The number of amides is 2. The van der Waals surface area contributed by atoms with Crippen LogP contribution in [0.2, 0.25) is 5.02 Å². The van der Waals surface area contributed by atoms with Crippen molar-refractivity contribution in [1.29, 1.82) is 0 Å².